The van der Waals surface area contributed by atoms with Gasteiger partial charge in [0.25, 0.3) is 0 Å². The summed E-state index contributed by atoms with van der Waals surface area (Å²) < 4.78 is 2.14. The highest BCUT2D eigenvalue weighted by Crippen LogP contribution is 2.44. The first-order valence-electron chi connectivity index (χ1n) is 9.76. The highest BCUT2D eigenvalue weighted by molar-refractivity contribution is 7.98. The van der Waals surface area contributed by atoms with E-state index in [0.717, 1.165) is 37.6 Å². The Balaban J connectivity index is 1.84. The van der Waals surface area contributed by atoms with Gasteiger partial charge in [-0.2, -0.15) is 0 Å². The molecule has 0 unspecified atom stereocenters. The highest BCUT2D eigenvalue weighted by Gasteiger charge is 2.33. The third-order valence-electron chi connectivity index (χ3n) is 5.94. The van der Waals surface area contributed by atoms with Gasteiger partial charge in [0.2, 0.25) is 0 Å². The second-order valence-corrected chi connectivity index (χ2v) is 8.53. The number of likely N-dealkylation sites (N-methyl/N-ethyl adjacent to an activating group) is 1. The van der Waals surface area contributed by atoms with Crippen LogP contribution in [-0.2, 0) is 6.42 Å². The summed E-state index contributed by atoms with van der Waals surface area (Å²) in [7, 11) is 2.26. The maximum Gasteiger partial charge on any atom is 0.188 e. The molecule has 2 aromatic rings. The van der Waals surface area contributed by atoms with Gasteiger partial charge in [0.05, 0.1) is 5.52 Å². The maximum atomic E-state index is 5.65. The van der Waals surface area contributed by atoms with Crippen molar-refractivity contribution in [1.29, 1.82) is 0 Å². The second-order valence-electron chi connectivity index (χ2n) is 7.30. The minimum absolute atomic E-state index is 0.480. The molecule has 1 atom stereocenters. The Hall–Kier alpha value is -1.50. The third kappa shape index (κ3) is 3.08. The molecule has 144 valence electrons. The number of benzene rings is 1. The zero-order valence-electron chi connectivity index (χ0n) is 16.6. The lowest BCUT2D eigenvalue weighted by Gasteiger charge is -2.37. The van der Waals surface area contributed by atoms with E-state index in [1.807, 2.05) is 11.8 Å². The number of hydrogen-bond acceptors (Lipinski definition) is 3. The van der Waals surface area contributed by atoms with Crippen LogP contribution in [0, 0.1) is 0 Å². The van der Waals surface area contributed by atoms with Crippen molar-refractivity contribution < 1.29 is 0 Å². The Labute approximate surface area is 171 Å². The molecule has 6 heteroatoms. The Morgan fingerprint density at radius 1 is 1.33 bits per heavy atom. The molecule has 1 aliphatic heterocycles. The molecule has 4 rings (SSSR count). The molecule has 27 heavy (non-hydrogen) atoms. The van der Waals surface area contributed by atoms with E-state index >= 15 is 0 Å². The van der Waals surface area contributed by atoms with E-state index in [0.29, 0.717) is 6.04 Å². The molecule has 0 fully saturated rings. The fraction of sp³-hybridized carbons (Fsp3) is 0.476. The maximum absolute atomic E-state index is 5.65. The SMILES string of the molecule is CCN(CC)C(=S)Nn1cc2c3c(c(SC)ccc31)C1=CCCN(C)[C@@H]1C2. The Bertz CT molecular complexity index is 911. The van der Waals surface area contributed by atoms with Crippen LogP contribution < -0.4 is 5.43 Å². The Morgan fingerprint density at radius 2 is 2.11 bits per heavy atom. The van der Waals surface area contributed by atoms with Gasteiger partial charge in [0.15, 0.2) is 5.11 Å². The molecule has 0 bridgehead atoms. The minimum atomic E-state index is 0.480. The highest BCUT2D eigenvalue weighted by atomic mass is 32.2. The van der Waals surface area contributed by atoms with Gasteiger partial charge in [0.1, 0.15) is 0 Å². The summed E-state index contributed by atoms with van der Waals surface area (Å²) in [6.07, 6.45) is 9.10. The molecule has 0 saturated heterocycles. The summed E-state index contributed by atoms with van der Waals surface area (Å²) in [5.74, 6) is 0. The zero-order valence-corrected chi connectivity index (χ0v) is 18.2. The fourth-order valence-corrected chi connectivity index (χ4v) is 5.46. The molecule has 2 aliphatic rings. The van der Waals surface area contributed by atoms with Crippen LogP contribution in [0.25, 0.3) is 16.5 Å². The standard InChI is InChI=1S/C21H28N4S2/c1-5-24(6-2)21(26)22-25-13-14-12-17-15(8-7-11-23(17)3)20-18(27-4)10-9-16(25)19(14)20/h8-10,13,17H,5-7,11-12H2,1-4H3,(H,22,26)/t17-/m1/s1. The molecule has 0 amide bonds. The zero-order chi connectivity index (χ0) is 19.1. The number of thioether (sulfide) groups is 1. The number of nitrogens with zero attached hydrogens (tertiary/aromatic N) is 3. The number of rotatable bonds is 4. The summed E-state index contributed by atoms with van der Waals surface area (Å²) in [6.45, 7) is 7.24. The van der Waals surface area contributed by atoms with Gasteiger partial charge in [-0.25, -0.2) is 0 Å². The minimum Gasteiger partial charge on any atom is -0.348 e. The Morgan fingerprint density at radius 3 is 2.81 bits per heavy atom. The molecule has 1 aromatic heterocycles. The van der Waals surface area contributed by atoms with Gasteiger partial charge < -0.3 is 4.90 Å². The van der Waals surface area contributed by atoms with Gasteiger partial charge in [0, 0.05) is 47.7 Å². The lowest BCUT2D eigenvalue weighted by molar-refractivity contribution is 0.281. The number of hydrogen-bond donors (Lipinski definition) is 1. The number of fused-ring (bicyclic) bond motifs is 2. The first kappa shape index (κ1) is 18.8. The molecule has 4 nitrogen and oxygen atoms in total. The van der Waals surface area contributed by atoms with E-state index < -0.39 is 0 Å². The van der Waals surface area contributed by atoms with E-state index in [1.54, 1.807) is 0 Å². The predicted octanol–water partition coefficient (Wildman–Crippen LogP) is 4.18. The van der Waals surface area contributed by atoms with Crippen LogP contribution in [0.2, 0.25) is 0 Å². The lowest BCUT2D eigenvalue weighted by atomic mass is 9.82. The van der Waals surface area contributed by atoms with Crippen LogP contribution in [0.5, 0.6) is 0 Å². The lowest BCUT2D eigenvalue weighted by Crippen LogP contribution is -2.39. The van der Waals surface area contributed by atoms with E-state index in [4.69, 9.17) is 12.2 Å². The van der Waals surface area contributed by atoms with Crippen LogP contribution in [-0.4, -0.2) is 58.6 Å². The van der Waals surface area contributed by atoms with Gasteiger partial charge in [-0.1, -0.05) is 6.08 Å². The normalized spacial score (nSPS) is 19.0. The van der Waals surface area contributed by atoms with Crippen LogP contribution in [0.1, 0.15) is 31.4 Å². The van der Waals surface area contributed by atoms with Crippen LogP contribution >= 0.6 is 24.0 Å². The molecule has 0 spiro atoms. The molecular formula is C21H28N4S2. The van der Waals surface area contributed by atoms with Crippen LogP contribution in [0.15, 0.2) is 29.3 Å². The van der Waals surface area contributed by atoms with Crippen molar-refractivity contribution in [3.05, 3.63) is 35.5 Å². The smallest absolute Gasteiger partial charge is 0.188 e. The van der Waals surface area contributed by atoms with Gasteiger partial charge in [-0.05, 0) is 75.5 Å². The molecule has 1 N–H and O–H groups in total. The van der Waals surface area contributed by atoms with Crippen molar-refractivity contribution in [2.24, 2.45) is 0 Å². The quantitative estimate of drug-likeness (QED) is 0.613. The monoisotopic (exact) mass is 400 g/mol. The van der Waals surface area contributed by atoms with E-state index in [2.05, 4.69) is 71.5 Å². The van der Waals surface area contributed by atoms with Gasteiger partial charge >= 0.3 is 0 Å². The van der Waals surface area contributed by atoms with Gasteiger partial charge in [-0.15, -0.1) is 11.8 Å². The summed E-state index contributed by atoms with van der Waals surface area (Å²) in [5.41, 5.74) is 9.05. The molecule has 2 heterocycles. The first-order valence-corrected chi connectivity index (χ1v) is 11.4. The van der Waals surface area contributed by atoms with Crippen LogP contribution in [0.3, 0.4) is 0 Å². The molecule has 0 saturated carbocycles. The first-order chi connectivity index (χ1) is 13.1. The molecule has 1 aliphatic carbocycles. The van der Waals surface area contributed by atoms with Gasteiger partial charge in [-0.3, -0.25) is 15.0 Å². The van der Waals surface area contributed by atoms with Crippen molar-refractivity contribution in [1.82, 2.24) is 14.5 Å². The summed E-state index contributed by atoms with van der Waals surface area (Å²) in [4.78, 5) is 6.05. The van der Waals surface area contributed by atoms with Crippen molar-refractivity contribution in [3.63, 3.8) is 0 Å². The average Bonchev–Trinajstić information content (AvgIpc) is 3.02. The third-order valence-corrected chi connectivity index (χ3v) is 7.07. The second kappa shape index (κ2) is 7.49. The molecule has 0 radical (unpaired) electrons. The predicted molar refractivity (Wildman–Crippen MR) is 121 cm³/mol. The van der Waals surface area contributed by atoms with E-state index in [-0.39, 0.29) is 0 Å². The van der Waals surface area contributed by atoms with E-state index in [9.17, 15) is 0 Å². The van der Waals surface area contributed by atoms with Crippen molar-refractivity contribution >= 4 is 45.6 Å². The number of aromatic nitrogens is 1. The molecule has 1 aromatic carbocycles. The van der Waals surface area contributed by atoms with Crippen molar-refractivity contribution in [3.8, 4) is 0 Å². The number of thiocarbonyl (C=S) groups is 1. The van der Waals surface area contributed by atoms with E-state index in [1.165, 1.54) is 32.5 Å². The molecular weight excluding hydrogens is 372 g/mol. The number of nitrogens with one attached hydrogen (secondary N) is 1. The summed E-state index contributed by atoms with van der Waals surface area (Å²) in [5, 5.41) is 2.18. The fourth-order valence-electron chi connectivity index (χ4n) is 4.47. The average molecular weight is 401 g/mol. The Kier molecular flexibility index (Phi) is 5.23. The summed E-state index contributed by atoms with van der Waals surface area (Å²) in [6, 6.07) is 4.98. The summed E-state index contributed by atoms with van der Waals surface area (Å²) >= 11 is 7.50. The largest absolute Gasteiger partial charge is 0.348 e. The topological polar surface area (TPSA) is 23.4 Å². The van der Waals surface area contributed by atoms with Crippen molar-refractivity contribution in [2.75, 3.05) is 38.4 Å². The van der Waals surface area contributed by atoms with Crippen molar-refractivity contribution in [2.45, 2.75) is 37.6 Å². The van der Waals surface area contributed by atoms with Crippen LogP contribution in [0.4, 0.5) is 0 Å².